The zero-order chi connectivity index (χ0) is 27.5. The molecule has 0 aliphatic heterocycles. The van der Waals surface area contributed by atoms with Crippen LogP contribution < -0.4 is 15.5 Å². The van der Waals surface area contributed by atoms with Crippen LogP contribution in [0.25, 0.3) is 22.1 Å². The number of nitro groups is 1. The number of carbonyl (C=O) groups is 2. The molecule has 0 aliphatic carbocycles. The third kappa shape index (κ3) is 6.52. The van der Waals surface area contributed by atoms with Gasteiger partial charge in [-0.15, -0.1) is 0 Å². The lowest BCUT2D eigenvalue weighted by atomic mass is 9.99. The van der Waals surface area contributed by atoms with Gasteiger partial charge in [-0.05, 0) is 63.4 Å². The molecule has 1 aromatic heterocycles. The van der Waals surface area contributed by atoms with Crippen molar-refractivity contribution in [3.63, 3.8) is 0 Å². The van der Waals surface area contributed by atoms with Gasteiger partial charge in [0.1, 0.15) is 28.7 Å². The van der Waals surface area contributed by atoms with E-state index in [9.17, 15) is 24.5 Å². The molecule has 0 saturated heterocycles. The molecule has 2 atom stereocenters. The molecule has 2 aromatic carbocycles. The van der Waals surface area contributed by atoms with Crippen molar-refractivity contribution < 1.29 is 28.4 Å². The molecule has 0 radical (unpaired) electrons. The third-order valence-electron chi connectivity index (χ3n) is 5.76. The number of benzene rings is 2. The summed E-state index contributed by atoms with van der Waals surface area (Å²) in [5, 5.41) is 13.8. The van der Waals surface area contributed by atoms with Crippen LogP contribution in [0.5, 0.6) is 5.75 Å². The van der Waals surface area contributed by atoms with Gasteiger partial charge in [-0.25, -0.2) is 9.59 Å². The summed E-state index contributed by atoms with van der Waals surface area (Å²) in [5.41, 5.74) is -0.165. The van der Waals surface area contributed by atoms with E-state index in [4.69, 9.17) is 13.9 Å². The summed E-state index contributed by atoms with van der Waals surface area (Å²) in [6.07, 6.45) is -0.124. The van der Waals surface area contributed by atoms with Gasteiger partial charge in [0.05, 0.1) is 15.9 Å². The maximum absolute atomic E-state index is 13.2. The molecular weight excluding hydrogens is 480 g/mol. The number of hydrogen-bond donors (Lipinski definition) is 1. The second kappa shape index (κ2) is 10.8. The SMILES string of the molecule is CC[C@@H](C)[C@H](NC(=O)OC(C)(C)C)C(=O)Oc1ccc2c(=O)c(-c3ccc([N+](=O)[O-])cc3)c(C)oc2c1. The van der Waals surface area contributed by atoms with E-state index in [0.29, 0.717) is 17.7 Å². The number of non-ortho nitro benzene ring substituents is 1. The van der Waals surface area contributed by atoms with Crippen LogP contribution in [0, 0.1) is 23.0 Å². The predicted molar refractivity (Wildman–Crippen MR) is 138 cm³/mol. The predicted octanol–water partition coefficient (Wildman–Crippen LogP) is 5.52. The number of hydrogen-bond acceptors (Lipinski definition) is 8. The molecule has 0 bridgehead atoms. The van der Waals surface area contributed by atoms with E-state index in [1.54, 1.807) is 27.7 Å². The number of ether oxygens (including phenoxy) is 2. The van der Waals surface area contributed by atoms with Crippen LogP contribution in [0.4, 0.5) is 10.5 Å². The highest BCUT2D eigenvalue weighted by molar-refractivity contribution is 5.86. The average molecular weight is 511 g/mol. The van der Waals surface area contributed by atoms with Crippen molar-refractivity contribution in [2.24, 2.45) is 5.92 Å². The van der Waals surface area contributed by atoms with Crippen molar-refractivity contribution in [2.75, 3.05) is 0 Å². The number of rotatable bonds is 7. The number of carbonyl (C=O) groups excluding carboxylic acids is 2. The standard InChI is InChI=1S/C27H30N2O8/c1-7-15(2)23(28-26(32)37-27(4,5)6)25(31)36-19-12-13-20-21(14-19)35-16(3)22(24(20)30)17-8-10-18(11-9-17)29(33)34/h8-15,23H,7H2,1-6H3,(H,28,32)/t15-,23+/m1/s1. The Labute approximate surface area is 213 Å². The Balaban J connectivity index is 1.89. The molecule has 3 aromatic rings. The van der Waals surface area contributed by atoms with E-state index in [0.717, 1.165) is 0 Å². The van der Waals surface area contributed by atoms with E-state index < -0.39 is 28.6 Å². The van der Waals surface area contributed by atoms with Gasteiger partial charge in [-0.2, -0.15) is 0 Å². The lowest BCUT2D eigenvalue weighted by Gasteiger charge is -2.25. The summed E-state index contributed by atoms with van der Waals surface area (Å²) in [6, 6.07) is 9.06. The Morgan fingerprint density at radius 3 is 2.35 bits per heavy atom. The number of nitro benzene ring substituents is 1. The molecule has 1 amide bonds. The first-order valence-corrected chi connectivity index (χ1v) is 11.8. The van der Waals surface area contributed by atoms with Gasteiger partial charge in [0.15, 0.2) is 0 Å². The van der Waals surface area contributed by atoms with Crippen molar-refractivity contribution >= 4 is 28.7 Å². The van der Waals surface area contributed by atoms with Crippen LogP contribution >= 0.6 is 0 Å². The lowest BCUT2D eigenvalue weighted by Crippen LogP contribution is -2.48. The fourth-order valence-electron chi connectivity index (χ4n) is 3.72. The summed E-state index contributed by atoms with van der Waals surface area (Å²) in [4.78, 5) is 48.9. The summed E-state index contributed by atoms with van der Waals surface area (Å²) < 4.78 is 16.7. The van der Waals surface area contributed by atoms with E-state index in [1.807, 2.05) is 13.8 Å². The van der Waals surface area contributed by atoms with Gasteiger partial charge in [0, 0.05) is 18.2 Å². The third-order valence-corrected chi connectivity index (χ3v) is 5.76. The molecule has 10 nitrogen and oxygen atoms in total. The van der Waals surface area contributed by atoms with E-state index >= 15 is 0 Å². The second-order valence-corrected chi connectivity index (χ2v) is 9.75. The highest BCUT2D eigenvalue weighted by Crippen LogP contribution is 2.28. The summed E-state index contributed by atoms with van der Waals surface area (Å²) in [7, 11) is 0. The monoisotopic (exact) mass is 510 g/mol. The van der Waals surface area contributed by atoms with Gasteiger partial charge < -0.3 is 19.2 Å². The quantitative estimate of drug-likeness (QED) is 0.190. The molecular formula is C27H30N2O8. The zero-order valence-corrected chi connectivity index (χ0v) is 21.6. The van der Waals surface area contributed by atoms with Gasteiger partial charge >= 0.3 is 12.1 Å². The minimum atomic E-state index is -0.950. The van der Waals surface area contributed by atoms with E-state index in [2.05, 4.69) is 5.32 Å². The molecule has 0 unspecified atom stereocenters. The van der Waals surface area contributed by atoms with Crippen LogP contribution in [0.1, 0.15) is 46.8 Å². The normalized spacial score (nSPS) is 13.0. The average Bonchev–Trinajstić information content (AvgIpc) is 2.81. The van der Waals surface area contributed by atoms with Gasteiger partial charge in [0.2, 0.25) is 5.43 Å². The molecule has 0 aliphatic rings. The Bertz CT molecular complexity index is 1390. The topological polar surface area (TPSA) is 138 Å². The second-order valence-electron chi connectivity index (χ2n) is 9.75. The first-order valence-electron chi connectivity index (χ1n) is 11.8. The lowest BCUT2D eigenvalue weighted by molar-refractivity contribution is -0.384. The highest BCUT2D eigenvalue weighted by atomic mass is 16.6. The van der Waals surface area contributed by atoms with Gasteiger partial charge in [-0.3, -0.25) is 14.9 Å². The Morgan fingerprint density at radius 2 is 1.78 bits per heavy atom. The van der Waals surface area contributed by atoms with Crippen LogP contribution in [0.15, 0.2) is 51.7 Å². The number of nitrogens with one attached hydrogen (secondary N) is 1. The van der Waals surface area contributed by atoms with Gasteiger partial charge in [0.25, 0.3) is 5.69 Å². The fraction of sp³-hybridized carbons (Fsp3) is 0.370. The largest absolute Gasteiger partial charge is 0.460 e. The molecule has 0 fully saturated rings. The number of aryl methyl sites for hydroxylation is 1. The fourth-order valence-corrected chi connectivity index (χ4v) is 3.72. The molecule has 3 rings (SSSR count). The zero-order valence-electron chi connectivity index (χ0n) is 21.6. The number of esters is 1. The molecule has 1 N–H and O–H groups in total. The summed E-state index contributed by atoms with van der Waals surface area (Å²) >= 11 is 0. The number of amides is 1. The van der Waals surface area contributed by atoms with Crippen LogP contribution in [-0.4, -0.2) is 28.6 Å². The molecule has 0 saturated carbocycles. The smallest absolute Gasteiger partial charge is 0.408 e. The Kier molecular flexibility index (Phi) is 8.00. The summed E-state index contributed by atoms with van der Waals surface area (Å²) in [5.74, 6) is -0.465. The van der Waals surface area contributed by atoms with E-state index in [1.165, 1.54) is 42.5 Å². The molecule has 0 spiro atoms. The minimum Gasteiger partial charge on any atom is -0.460 e. The maximum Gasteiger partial charge on any atom is 0.408 e. The maximum atomic E-state index is 13.2. The van der Waals surface area contributed by atoms with E-state index in [-0.39, 0.29) is 39.3 Å². The molecule has 1 heterocycles. The van der Waals surface area contributed by atoms with Crippen molar-refractivity contribution in [2.45, 2.75) is 59.6 Å². The molecule has 37 heavy (non-hydrogen) atoms. The van der Waals surface area contributed by atoms with Crippen molar-refractivity contribution in [3.8, 4) is 16.9 Å². The van der Waals surface area contributed by atoms with Gasteiger partial charge in [-0.1, -0.05) is 20.3 Å². The van der Waals surface area contributed by atoms with Crippen molar-refractivity contribution in [3.05, 3.63) is 68.6 Å². The molecule has 10 heteroatoms. The number of alkyl carbamates (subject to hydrolysis) is 1. The van der Waals surface area contributed by atoms with Crippen LogP contribution in [0.2, 0.25) is 0 Å². The van der Waals surface area contributed by atoms with Crippen molar-refractivity contribution in [1.29, 1.82) is 0 Å². The first kappa shape index (κ1) is 27.4. The Hall–Kier alpha value is -4.21. The molecule has 196 valence electrons. The van der Waals surface area contributed by atoms with Crippen molar-refractivity contribution in [1.82, 2.24) is 5.32 Å². The Morgan fingerprint density at radius 1 is 1.14 bits per heavy atom. The van der Waals surface area contributed by atoms with Crippen LogP contribution in [0.3, 0.4) is 0 Å². The minimum absolute atomic E-state index is 0.0881. The summed E-state index contributed by atoms with van der Waals surface area (Å²) in [6.45, 7) is 10.5. The first-order chi connectivity index (χ1) is 17.3. The number of nitrogens with zero attached hydrogens (tertiary/aromatic N) is 1. The highest BCUT2D eigenvalue weighted by Gasteiger charge is 2.30. The number of fused-ring (bicyclic) bond motifs is 1. The van der Waals surface area contributed by atoms with Crippen LogP contribution in [-0.2, 0) is 9.53 Å².